The molecule has 0 spiro atoms. The molecule has 98 valence electrons. The van der Waals surface area contributed by atoms with Gasteiger partial charge in [0.15, 0.2) is 0 Å². The third kappa shape index (κ3) is 3.99. The highest BCUT2D eigenvalue weighted by Crippen LogP contribution is 2.24. The molecule has 0 aromatic carbocycles. The van der Waals surface area contributed by atoms with Crippen LogP contribution in [0, 0.1) is 0 Å². The molecule has 1 fully saturated rings. The van der Waals surface area contributed by atoms with Gasteiger partial charge in [-0.15, -0.1) is 0 Å². The van der Waals surface area contributed by atoms with Crippen LogP contribution in [0.4, 0.5) is 0 Å². The number of carboxylic acid groups (broad SMARTS) is 1. The van der Waals surface area contributed by atoms with Crippen molar-refractivity contribution in [1.29, 1.82) is 0 Å². The lowest BCUT2D eigenvalue weighted by atomic mass is 10.2. The van der Waals surface area contributed by atoms with E-state index < -0.39 is 5.97 Å². The van der Waals surface area contributed by atoms with Crippen LogP contribution in [0.15, 0.2) is 18.3 Å². The molecule has 18 heavy (non-hydrogen) atoms. The summed E-state index contributed by atoms with van der Waals surface area (Å²) in [4.78, 5) is 14.8. The number of carbonyl (C=O) groups is 1. The van der Waals surface area contributed by atoms with Crippen molar-refractivity contribution in [2.75, 3.05) is 12.3 Å². The molecule has 2 N–H and O–H groups in total. The Balaban J connectivity index is 1.74. The summed E-state index contributed by atoms with van der Waals surface area (Å²) in [5.41, 5.74) is 1.13. The van der Waals surface area contributed by atoms with E-state index in [-0.39, 0.29) is 5.56 Å². The Bertz CT molecular complexity index is 388. The van der Waals surface area contributed by atoms with Gasteiger partial charge < -0.3 is 10.4 Å². The van der Waals surface area contributed by atoms with Crippen LogP contribution in [0.5, 0.6) is 0 Å². The number of aromatic carboxylic acids is 1. The molecule has 0 saturated carbocycles. The van der Waals surface area contributed by atoms with E-state index in [1.807, 2.05) is 11.8 Å². The van der Waals surface area contributed by atoms with Crippen LogP contribution in [0.25, 0.3) is 0 Å². The van der Waals surface area contributed by atoms with Crippen molar-refractivity contribution in [3.05, 3.63) is 29.6 Å². The second-order valence-corrected chi connectivity index (χ2v) is 5.87. The van der Waals surface area contributed by atoms with Gasteiger partial charge in [0.25, 0.3) is 0 Å². The summed E-state index contributed by atoms with van der Waals surface area (Å²) in [7, 11) is 0. The van der Waals surface area contributed by atoms with E-state index in [9.17, 15) is 4.79 Å². The van der Waals surface area contributed by atoms with Gasteiger partial charge in [0, 0.05) is 24.5 Å². The Hall–Kier alpha value is -1.07. The van der Waals surface area contributed by atoms with Crippen LogP contribution < -0.4 is 5.32 Å². The molecule has 5 heteroatoms. The zero-order chi connectivity index (χ0) is 12.8. The van der Waals surface area contributed by atoms with Crippen molar-refractivity contribution in [2.45, 2.75) is 31.1 Å². The molecule has 0 radical (unpaired) electrons. The van der Waals surface area contributed by atoms with Gasteiger partial charge in [0.1, 0.15) is 0 Å². The van der Waals surface area contributed by atoms with Crippen molar-refractivity contribution in [1.82, 2.24) is 10.3 Å². The average molecular weight is 266 g/mol. The average Bonchev–Trinajstić information content (AvgIpc) is 2.40. The number of nitrogens with zero attached hydrogens (tertiary/aromatic N) is 1. The quantitative estimate of drug-likeness (QED) is 0.855. The number of rotatable bonds is 5. The first kappa shape index (κ1) is 13.4. The molecule has 1 saturated heterocycles. The molecule has 2 heterocycles. The molecule has 1 aliphatic heterocycles. The largest absolute Gasteiger partial charge is 0.478 e. The molecule has 1 aliphatic rings. The van der Waals surface area contributed by atoms with E-state index >= 15 is 0 Å². The molecule has 0 aliphatic carbocycles. The van der Waals surface area contributed by atoms with Crippen molar-refractivity contribution in [2.24, 2.45) is 0 Å². The van der Waals surface area contributed by atoms with Crippen LogP contribution in [0.1, 0.15) is 35.3 Å². The summed E-state index contributed by atoms with van der Waals surface area (Å²) in [5.74, 6) is 0.346. The molecule has 1 aromatic heterocycles. The minimum absolute atomic E-state index is 0.238. The molecular formula is C13H18N2O2S. The lowest BCUT2D eigenvalue weighted by molar-refractivity contribution is 0.0696. The SMILES string of the molecule is O=C(O)c1ccc(CNCC2CCCCS2)nc1. The van der Waals surface area contributed by atoms with Crippen LogP contribution in [0.3, 0.4) is 0 Å². The Morgan fingerprint density at radius 3 is 3.00 bits per heavy atom. The van der Waals surface area contributed by atoms with Gasteiger partial charge in [-0.1, -0.05) is 6.42 Å². The van der Waals surface area contributed by atoms with Crippen molar-refractivity contribution in [3.63, 3.8) is 0 Å². The summed E-state index contributed by atoms with van der Waals surface area (Å²) in [6.45, 7) is 1.71. The fraction of sp³-hybridized carbons (Fsp3) is 0.538. The van der Waals surface area contributed by atoms with Crippen LogP contribution >= 0.6 is 11.8 Å². The van der Waals surface area contributed by atoms with Gasteiger partial charge in [-0.3, -0.25) is 4.98 Å². The predicted octanol–water partition coefficient (Wildman–Crippen LogP) is 2.16. The summed E-state index contributed by atoms with van der Waals surface area (Å²) in [6, 6.07) is 3.37. The smallest absolute Gasteiger partial charge is 0.337 e. The summed E-state index contributed by atoms with van der Waals surface area (Å²) in [5, 5.41) is 12.9. The highest BCUT2D eigenvalue weighted by molar-refractivity contribution is 7.99. The standard InChI is InChI=1S/C13H18N2O2S/c16-13(17)10-4-5-11(15-7-10)8-14-9-12-3-1-2-6-18-12/h4-5,7,12,14H,1-3,6,8-9H2,(H,16,17). The Labute approximate surface area is 111 Å². The van der Waals surface area contributed by atoms with Crippen LogP contribution in [-0.2, 0) is 6.54 Å². The third-order valence-corrected chi connectivity index (χ3v) is 4.42. The third-order valence-electron chi connectivity index (χ3n) is 3.02. The Morgan fingerprint density at radius 1 is 1.50 bits per heavy atom. The van der Waals surface area contributed by atoms with Gasteiger partial charge in [-0.2, -0.15) is 11.8 Å². The second kappa shape index (κ2) is 6.75. The predicted molar refractivity (Wildman–Crippen MR) is 73.0 cm³/mol. The first-order chi connectivity index (χ1) is 8.75. The minimum atomic E-state index is -0.930. The van der Waals surface area contributed by atoms with Crippen LogP contribution in [0.2, 0.25) is 0 Å². The van der Waals surface area contributed by atoms with Gasteiger partial charge in [0.05, 0.1) is 11.3 Å². The first-order valence-electron chi connectivity index (χ1n) is 6.26. The molecule has 4 nitrogen and oxygen atoms in total. The minimum Gasteiger partial charge on any atom is -0.478 e. The van der Waals surface area contributed by atoms with Gasteiger partial charge in [-0.05, 0) is 30.7 Å². The zero-order valence-corrected chi connectivity index (χ0v) is 11.1. The lowest BCUT2D eigenvalue weighted by Gasteiger charge is -2.21. The fourth-order valence-electron chi connectivity index (χ4n) is 1.99. The normalized spacial score (nSPS) is 19.7. The van der Waals surface area contributed by atoms with Gasteiger partial charge in [0.2, 0.25) is 0 Å². The maximum Gasteiger partial charge on any atom is 0.337 e. The van der Waals surface area contributed by atoms with E-state index in [1.54, 1.807) is 12.1 Å². The number of aromatic nitrogens is 1. The topological polar surface area (TPSA) is 62.2 Å². The van der Waals surface area contributed by atoms with Crippen LogP contribution in [-0.4, -0.2) is 33.6 Å². The Morgan fingerprint density at radius 2 is 2.39 bits per heavy atom. The highest BCUT2D eigenvalue weighted by atomic mass is 32.2. The zero-order valence-electron chi connectivity index (χ0n) is 10.3. The molecule has 1 unspecified atom stereocenters. The van der Waals surface area contributed by atoms with E-state index in [0.717, 1.165) is 17.5 Å². The molecule has 2 rings (SSSR count). The van der Waals surface area contributed by atoms with E-state index in [4.69, 9.17) is 5.11 Å². The van der Waals surface area contributed by atoms with E-state index in [1.165, 1.54) is 31.2 Å². The fourth-order valence-corrected chi connectivity index (χ4v) is 3.26. The maximum absolute atomic E-state index is 10.7. The molecule has 0 bridgehead atoms. The first-order valence-corrected chi connectivity index (χ1v) is 7.31. The number of thioether (sulfide) groups is 1. The summed E-state index contributed by atoms with van der Waals surface area (Å²) < 4.78 is 0. The Kier molecular flexibility index (Phi) is 5.01. The monoisotopic (exact) mass is 266 g/mol. The number of hydrogen-bond acceptors (Lipinski definition) is 4. The molecule has 1 atom stereocenters. The maximum atomic E-state index is 10.7. The highest BCUT2D eigenvalue weighted by Gasteiger charge is 2.13. The van der Waals surface area contributed by atoms with Gasteiger partial charge >= 0.3 is 5.97 Å². The molecular weight excluding hydrogens is 248 g/mol. The number of hydrogen-bond donors (Lipinski definition) is 2. The van der Waals surface area contributed by atoms with E-state index in [0.29, 0.717) is 6.54 Å². The molecule has 1 aromatic rings. The van der Waals surface area contributed by atoms with Crippen molar-refractivity contribution < 1.29 is 9.90 Å². The summed E-state index contributed by atoms with van der Waals surface area (Å²) in [6.07, 6.45) is 5.39. The molecule has 0 amide bonds. The number of nitrogens with one attached hydrogen (secondary N) is 1. The van der Waals surface area contributed by atoms with Crippen molar-refractivity contribution >= 4 is 17.7 Å². The van der Waals surface area contributed by atoms with Crippen molar-refractivity contribution in [3.8, 4) is 0 Å². The second-order valence-electron chi connectivity index (χ2n) is 4.46. The van der Waals surface area contributed by atoms with Gasteiger partial charge in [-0.25, -0.2) is 4.79 Å². The summed E-state index contributed by atoms with van der Waals surface area (Å²) >= 11 is 2.04. The number of pyridine rings is 1. The lowest BCUT2D eigenvalue weighted by Crippen LogP contribution is -2.26. The number of carboxylic acids is 1. The van der Waals surface area contributed by atoms with E-state index in [2.05, 4.69) is 10.3 Å².